The Hall–Kier alpha value is -3.61. The maximum atomic E-state index is 13.7. The molecule has 27 heavy (non-hydrogen) atoms. The Kier molecular flexibility index (Phi) is 5.51. The first-order valence-corrected chi connectivity index (χ1v) is 8.09. The van der Waals surface area contributed by atoms with Crippen molar-refractivity contribution in [3.8, 4) is 0 Å². The number of rotatable bonds is 5. The van der Waals surface area contributed by atoms with Crippen LogP contribution in [0.5, 0.6) is 0 Å². The van der Waals surface area contributed by atoms with E-state index in [0.29, 0.717) is 22.5 Å². The average Bonchev–Trinajstić information content (AvgIpc) is 2.72. The number of hydrogen-bond donors (Lipinski definition) is 0. The second-order valence-corrected chi connectivity index (χ2v) is 5.64. The largest absolute Gasteiger partial charge is 0.465 e. The predicted molar refractivity (Wildman–Crippen MR) is 96.7 cm³/mol. The van der Waals surface area contributed by atoms with E-state index in [-0.39, 0.29) is 12.5 Å². The van der Waals surface area contributed by atoms with Crippen molar-refractivity contribution in [1.82, 2.24) is 9.97 Å². The van der Waals surface area contributed by atoms with Gasteiger partial charge in [-0.1, -0.05) is 6.07 Å². The normalized spacial score (nSPS) is 10.3. The van der Waals surface area contributed by atoms with E-state index in [1.54, 1.807) is 36.5 Å². The van der Waals surface area contributed by atoms with Crippen LogP contribution in [0.2, 0.25) is 0 Å². The molecule has 0 atom stereocenters. The van der Waals surface area contributed by atoms with Crippen molar-refractivity contribution in [2.75, 3.05) is 12.0 Å². The fraction of sp³-hybridized carbons (Fsp3) is 0.100. The maximum absolute atomic E-state index is 13.7. The van der Waals surface area contributed by atoms with Crippen LogP contribution in [0.1, 0.15) is 26.4 Å². The first-order chi connectivity index (χ1) is 13.1. The second kappa shape index (κ2) is 8.18. The topological polar surface area (TPSA) is 72.4 Å². The van der Waals surface area contributed by atoms with Crippen molar-refractivity contribution in [2.45, 2.75) is 6.54 Å². The number of carbonyl (C=O) groups is 2. The average molecular weight is 365 g/mol. The van der Waals surface area contributed by atoms with Gasteiger partial charge in [-0.3, -0.25) is 14.8 Å². The van der Waals surface area contributed by atoms with Gasteiger partial charge >= 0.3 is 5.97 Å². The van der Waals surface area contributed by atoms with E-state index in [0.717, 1.165) is 0 Å². The van der Waals surface area contributed by atoms with Gasteiger partial charge in [0.05, 0.1) is 30.5 Å². The number of hydrogen-bond acceptors (Lipinski definition) is 5. The summed E-state index contributed by atoms with van der Waals surface area (Å²) in [6.45, 7) is 0.0959. The summed E-state index contributed by atoms with van der Waals surface area (Å²) >= 11 is 0. The van der Waals surface area contributed by atoms with Gasteiger partial charge in [0, 0.05) is 24.3 Å². The third kappa shape index (κ3) is 4.33. The summed E-state index contributed by atoms with van der Waals surface area (Å²) in [5.41, 5.74) is 1.59. The van der Waals surface area contributed by atoms with Crippen molar-refractivity contribution in [2.24, 2.45) is 0 Å². The number of ether oxygens (including phenoxy) is 1. The van der Waals surface area contributed by atoms with Crippen molar-refractivity contribution < 1.29 is 18.7 Å². The fourth-order valence-corrected chi connectivity index (χ4v) is 2.49. The minimum atomic E-state index is -0.498. The molecule has 0 unspecified atom stereocenters. The van der Waals surface area contributed by atoms with Gasteiger partial charge < -0.3 is 9.64 Å². The predicted octanol–water partition coefficient (Wildman–Crippen LogP) is 3.25. The summed E-state index contributed by atoms with van der Waals surface area (Å²) in [6, 6.07) is 12.2. The molecular weight excluding hydrogens is 349 g/mol. The molecule has 1 aromatic carbocycles. The first kappa shape index (κ1) is 18.2. The van der Waals surface area contributed by atoms with Gasteiger partial charge in [0.15, 0.2) is 0 Å². The van der Waals surface area contributed by atoms with Gasteiger partial charge in [0.2, 0.25) is 0 Å². The number of amides is 1. The van der Waals surface area contributed by atoms with Crippen LogP contribution in [0.4, 0.5) is 10.1 Å². The highest BCUT2D eigenvalue weighted by molar-refractivity contribution is 6.05. The number of methoxy groups -OCH3 is 1. The minimum absolute atomic E-state index is 0.0959. The number of pyridine rings is 2. The third-order valence-electron chi connectivity index (χ3n) is 3.84. The highest BCUT2D eigenvalue weighted by atomic mass is 19.1. The van der Waals surface area contributed by atoms with Crippen molar-refractivity contribution in [1.29, 1.82) is 0 Å². The molecule has 2 heterocycles. The van der Waals surface area contributed by atoms with Crippen LogP contribution < -0.4 is 4.90 Å². The van der Waals surface area contributed by atoms with Crippen LogP contribution in [-0.2, 0) is 11.3 Å². The van der Waals surface area contributed by atoms with E-state index in [1.165, 1.54) is 42.6 Å². The van der Waals surface area contributed by atoms with Gasteiger partial charge in [-0.25, -0.2) is 9.18 Å². The smallest absolute Gasteiger partial charge is 0.339 e. The number of benzene rings is 1. The van der Waals surface area contributed by atoms with Crippen molar-refractivity contribution in [3.63, 3.8) is 0 Å². The standard InChI is InChI=1S/C20H16FN3O3/c1-27-20(26)15-7-8-17(23-12-15)13-24(18-6-2-5-16(21)10-18)19(25)14-4-3-9-22-11-14/h2-12H,13H2,1H3. The van der Waals surface area contributed by atoms with Crippen LogP contribution in [0.25, 0.3) is 0 Å². The zero-order chi connectivity index (χ0) is 19.2. The highest BCUT2D eigenvalue weighted by Crippen LogP contribution is 2.21. The lowest BCUT2D eigenvalue weighted by molar-refractivity contribution is 0.0600. The molecule has 2 aromatic heterocycles. The lowest BCUT2D eigenvalue weighted by Crippen LogP contribution is -2.31. The second-order valence-electron chi connectivity index (χ2n) is 5.64. The number of esters is 1. The van der Waals surface area contributed by atoms with Crippen molar-refractivity contribution in [3.05, 3.63) is 89.8 Å². The van der Waals surface area contributed by atoms with E-state index < -0.39 is 11.8 Å². The molecular formula is C20H16FN3O3. The molecule has 0 radical (unpaired) electrons. The molecule has 0 saturated carbocycles. The monoisotopic (exact) mass is 365 g/mol. The quantitative estimate of drug-likeness (QED) is 0.649. The van der Waals surface area contributed by atoms with Gasteiger partial charge in [-0.05, 0) is 42.5 Å². The number of aromatic nitrogens is 2. The van der Waals surface area contributed by atoms with Gasteiger partial charge in [0.1, 0.15) is 5.82 Å². The van der Waals surface area contributed by atoms with Gasteiger partial charge in [0.25, 0.3) is 5.91 Å². The van der Waals surface area contributed by atoms with Gasteiger partial charge in [-0.2, -0.15) is 0 Å². The Labute approximate surface area is 155 Å². The molecule has 6 nitrogen and oxygen atoms in total. The molecule has 0 N–H and O–H groups in total. The zero-order valence-electron chi connectivity index (χ0n) is 14.5. The molecule has 0 aliphatic rings. The minimum Gasteiger partial charge on any atom is -0.465 e. The summed E-state index contributed by atoms with van der Waals surface area (Å²) < 4.78 is 18.3. The van der Waals surface area contributed by atoms with Crippen LogP contribution in [0, 0.1) is 5.82 Å². The summed E-state index contributed by atoms with van der Waals surface area (Å²) in [7, 11) is 1.29. The molecule has 0 saturated heterocycles. The maximum Gasteiger partial charge on any atom is 0.339 e. The van der Waals surface area contributed by atoms with Crippen LogP contribution in [0.3, 0.4) is 0 Å². The van der Waals surface area contributed by atoms with Crippen LogP contribution >= 0.6 is 0 Å². The van der Waals surface area contributed by atoms with E-state index in [1.807, 2.05) is 0 Å². The molecule has 3 aromatic rings. The number of anilines is 1. The molecule has 3 rings (SSSR count). The lowest BCUT2D eigenvalue weighted by Gasteiger charge is -2.22. The van der Waals surface area contributed by atoms with E-state index in [9.17, 15) is 14.0 Å². The van der Waals surface area contributed by atoms with Crippen molar-refractivity contribution >= 4 is 17.6 Å². The summed E-state index contributed by atoms with van der Waals surface area (Å²) in [5, 5.41) is 0. The summed E-state index contributed by atoms with van der Waals surface area (Å²) in [6.07, 6.45) is 4.39. The molecule has 136 valence electrons. The van der Waals surface area contributed by atoms with Crippen LogP contribution in [-0.4, -0.2) is 29.0 Å². The first-order valence-electron chi connectivity index (χ1n) is 8.09. The Balaban J connectivity index is 1.92. The molecule has 0 fully saturated rings. The molecule has 0 aliphatic carbocycles. The number of halogens is 1. The Bertz CT molecular complexity index is 946. The molecule has 0 bridgehead atoms. The van der Waals surface area contributed by atoms with E-state index in [4.69, 9.17) is 0 Å². The Morgan fingerprint density at radius 3 is 2.56 bits per heavy atom. The number of carbonyl (C=O) groups excluding carboxylic acids is 2. The molecule has 7 heteroatoms. The Morgan fingerprint density at radius 1 is 1.07 bits per heavy atom. The van der Waals surface area contributed by atoms with E-state index in [2.05, 4.69) is 14.7 Å². The summed E-state index contributed by atoms with van der Waals surface area (Å²) in [5.74, 6) is -1.29. The molecule has 0 spiro atoms. The zero-order valence-corrected chi connectivity index (χ0v) is 14.5. The number of nitrogens with zero attached hydrogens (tertiary/aromatic N) is 3. The van der Waals surface area contributed by atoms with E-state index >= 15 is 0 Å². The molecule has 1 amide bonds. The van der Waals surface area contributed by atoms with Crippen LogP contribution in [0.15, 0.2) is 67.1 Å². The Morgan fingerprint density at radius 2 is 1.93 bits per heavy atom. The highest BCUT2D eigenvalue weighted by Gasteiger charge is 2.19. The van der Waals surface area contributed by atoms with Gasteiger partial charge in [-0.15, -0.1) is 0 Å². The lowest BCUT2D eigenvalue weighted by atomic mass is 10.2. The molecule has 0 aliphatic heterocycles. The SMILES string of the molecule is COC(=O)c1ccc(CN(C(=O)c2cccnc2)c2cccc(F)c2)nc1. The fourth-order valence-electron chi connectivity index (χ4n) is 2.49. The third-order valence-corrected chi connectivity index (χ3v) is 3.84. The summed E-state index contributed by atoms with van der Waals surface area (Å²) in [4.78, 5) is 34.0.